The third-order valence-electron chi connectivity index (χ3n) is 3.73. The minimum atomic E-state index is -0.925. The molecule has 0 bridgehead atoms. The average molecular weight is 338 g/mol. The molecule has 1 heterocycles. The number of morpholine rings is 1. The summed E-state index contributed by atoms with van der Waals surface area (Å²) in [6, 6.07) is 3.03. The van der Waals surface area contributed by atoms with Crippen molar-refractivity contribution in [2.75, 3.05) is 23.3 Å². The van der Waals surface area contributed by atoms with Crippen molar-refractivity contribution < 1.29 is 18.7 Å². The molecule has 0 unspecified atom stereocenters. The summed E-state index contributed by atoms with van der Waals surface area (Å²) in [7, 11) is 0. The van der Waals surface area contributed by atoms with E-state index in [1.54, 1.807) is 19.1 Å². The molecule has 1 fully saturated rings. The van der Waals surface area contributed by atoms with Gasteiger partial charge >= 0.3 is 6.03 Å². The highest BCUT2D eigenvalue weighted by Gasteiger charge is 2.24. The lowest BCUT2D eigenvalue weighted by Crippen LogP contribution is -2.45. The molecular weight excluding hydrogens is 315 g/mol. The van der Waals surface area contributed by atoms with E-state index in [9.17, 15) is 14.0 Å². The SMILES string of the molecule is C[C@@H]1CN(c2ccc(N[C@@H](C)C(=O)NC(N)=O)cc2F)C[C@@H](C)O1. The molecule has 2 rings (SSSR count). The zero-order valence-corrected chi connectivity index (χ0v) is 14.0. The number of imide groups is 1. The molecule has 0 spiro atoms. The zero-order valence-electron chi connectivity index (χ0n) is 14.0. The Morgan fingerprint density at radius 1 is 1.33 bits per heavy atom. The van der Waals surface area contributed by atoms with E-state index < -0.39 is 18.0 Å². The number of urea groups is 1. The standard InChI is InChI=1S/C16H23FN4O3/c1-9-7-21(8-10(2)24-9)14-5-4-12(6-13(14)17)19-11(3)15(22)20-16(18)23/h4-6,9-11,19H,7-8H2,1-3H3,(H3,18,20,22,23)/t9-,10-,11+/m1/s1. The molecule has 1 aromatic rings. The fourth-order valence-electron chi connectivity index (χ4n) is 2.77. The second-order valence-electron chi connectivity index (χ2n) is 6.05. The molecular formula is C16H23FN4O3. The summed E-state index contributed by atoms with van der Waals surface area (Å²) < 4.78 is 20.1. The van der Waals surface area contributed by atoms with Gasteiger partial charge in [0.1, 0.15) is 11.9 Å². The van der Waals surface area contributed by atoms with Crippen molar-refractivity contribution in [1.29, 1.82) is 0 Å². The van der Waals surface area contributed by atoms with Crippen molar-refractivity contribution in [3.63, 3.8) is 0 Å². The van der Waals surface area contributed by atoms with Crippen LogP contribution in [-0.4, -0.2) is 43.3 Å². The molecule has 8 heteroatoms. The predicted octanol–water partition coefficient (Wildman–Crippen LogP) is 1.43. The van der Waals surface area contributed by atoms with E-state index in [4.69, 9.17) is 10.5 Å². The van der Waals surface area contributed by atoms with Crippen LogP contribution in [0.4, 0.5) is 20.6 Å². The Morgan fingerprint density at radius 2 is 1.96 bits per heavy atom. The second kappa shape index (κ2) is 7.48. The Kier molecular flexibility index (Phi) is 5.61. The second-order valence-corrected chi connectivity index (χ2v) is 6.05. The van der Waals surface area contributed by atoms with Crippen LogP contribution in [0.3, 0.4) is 0 Å². The van der Waals surface area contributed by atoms with Gasteiger partial charge in [-0.05, 0) is 39.0 Å². The first-order valence-electron chi connectivity index (χ1n) is 7.83. The van der Waals surface area contributed by atoms with Crippen LogP contribution >= 0.6 is 0 Å². The van der Waals surface area contributed by atoms with Gasteiger partial charge in [-0.1, -0.05) is 0 Å². The summed E-state index contributed by atoms with van der Waals surface area (Å²) >= 11 is 0. The molecule has 1 aliphatic rings. The van der Waals surface area contributed by atoms with Crippen LogP contribution in [0.2, 0.25) is 0 Å². The number of anilines is 2. The molecule has 24 heavy (non-hydrogen) atoms. The number of halogens is 1. The number of amides is 3. The maximum atomic E-state index is 14.5. The van der Waals surface area contributed by atoms with Crippen LogP contribution in [0.1, 0.15) is 20.8 Å². The number of nitrogens with zero attached hydrogens (tertiary/aromatic N) is 1. The lowest BCUT2D eigenvalue weighted by Gasteiger charge is -2.37. The van der Waals surface area contributed by atoms with Gasteiger partial charge in [-0.3, -0.25) is 10.1 Å². The molecule has 1 aliphatic heterocycles. The fraction of sp³-hybridized carbons (Fsp3) is 0.500. The highest BCUT2D eigenvalue weighted by molar-refractivity contribution is 5.97. The molecule has 3 atom stereocenters. The number of carbonyl (C=O) groups is 2. The first-order valence-corrected chi connectivity index (χ1v) is 7.83. The van der Waals surface area contributed by atoms with Crippen molar-refractivity contribution >= 4 is 23.3 Å². The van der Waals surface area contributed by atoms with Gasteiger partial charge in [-0.15, -0.1) is 0 Å². The molecule has 0 aromatic heterocycles. The van der Waals surface area contributed by atoms with Crippen molar-refractivity contribution in [3.05, 3.63) is 24.0 Å². The number of nitrogens with two attached hydrogens (primary N) is 1. The van der Waals surface area contributed by atoms with Crippen LogP contribution in [0, 0.1) is 5.82 Å². The largest absolute Gasteiger partial charge is 0.374 e. The topological polar surface area (TPSA) is 96.7 Å². The van der Waals surface area contributed by atoms with Crippen molar-refractivity contribution in [2.45, 2.75) is 39.0 Å². The third kappa shape index (κ3) is 4.58. The number of carbonyl (C=O) groups excluding carboxylic acids is 2. The Hall–Kier alpha value is -2.35. The van der Waals surface area contributed by atoms with E-state index >= 15 is 0 Å². The lowest BCUT2D eigenvalue weighted by atomic mass is 10.1. The van der Waals surface area contributed by atoms with E-state index in [1.807, 2.05) is 24.1 Å². The molecule has 0 radical (unpaired) electrons. The van der Waals surface area contributed by atoms with Crippen LogP contribution in [0.25, 0.3) is 0 Å². The normalized spacial score (nSPS) is 21.9. The van der Waals surface area contributed by atoms with Gasteiger partial charge in [0.25, 0.3) is 0 Å². The van der Waals surface area contributed by atoms with E-state index in [0.29, 0.717) is 24.5 Å². The van der Waals surface area contributed by atoms with Crippen LogP contribution < -0.4 is 21.3 Å². The summed E-state index contributed by atoms with van der Waals surface area (Å²) in [5.41, 5.74) is 5.84. The van der Waals surface area contributed by atoms with Crippen molar-refractivity contribution in [2.24, 2.45) is 5.73 Å². The Bertz CT molecular complexity index is 615. The smallest absolute Gasteiger partial charge is 0.318 e. The first kappa shape index (κ1) is 18.0. The maximum absolute atomic E-state index is 14.5. The van der Waals surface area contributed by atoms with Crippen molar-refractivity contribution in [3.8, 4) is 0 Å². The van der Waals surface area contributed by atoms with E-state index in [1.165, 1.54) is 6.07 Å². The summed E-state index contributed by atoms with van der Waals surface area (Å²) in [4.78, 5) is 24.3. The lowest BCUT2D eigenvalue weighted by molar-refractivity contribution is -0.120. The van der Waals surface area contributed by atoms with Gasteiger partial charge < -0.3 is 20.7 Å². The fourth-order valence-corrected chi connectivity index (χ4v) is 2.77. The number of nitrogens with one attached hydrogen (secondary N) is 2. The molecule has 1 saturated heterocycles. The number of ether oxygens (including phenoxy) is 1. The van der Waals surface area contributed by atoms with Crippen molar-refractivity contribution in [1.82, 2.24) is 5.32 Å². The molecule has 0 aliphatic carbocycles. The van der Waals surface area contributed by atoms with Crippen LogP contribution in [-0.2, 0) is 9.53 Å². The number of primary amides is 1. The van der Waals surface area contributed by atoms with E-state index in [2.05, 4.69) is 5.32 Å². The summed E-state index contributed by atoms with van der Waals surface area (Å²) in [5, 5.41) is 4.80. The first-order chi connectivity index (χ1) is 11.3. The molecule has 0 saturated carbocycles. The summed E-state index contributed by atoms with van der Waals surface area (Å²) in [5.74, 6) is -0.966. The Labute approximate surface area is 140 Å². The quantitative estimate of drug-likeness (QED) is 0.772. The highest BCUT2D eigenvalue weighted by atomic mass is 19.1. The minimum absolute atomic E-state index is 0.0310. The van der Waals surface area contributed by atoms with Gasteiger partial charge in [0.15, 0.2) is 0 Å². The Balaban J connectivity index is 2.06. The summed E-state index contributed by atoms with van der Waals surface area (Å²) in [6.07, 6.45) is 0.0620. The van der Waals surface area contributed by atoms with Gasteiger partial charge in [0.05, 0.1) is 17.9 Å². The highest BCUT2D eigenvalue weighted by Crippen LogP contribution is 2.26. The molecule has 132 valence electrons. The maximum Gasteiger partial charge on any atom is 0.318 e. The zero-order chi connectivity index (χ0) is 17.9. The number of benzene rings is 1. The monoisotopic (exact) mass is 338 g/mol. The van der Waals surface area contributed by atoms with Gasteiger partial charge in [-0.2, -0.15) is 0 Å². The van der Waals surface area contributed by atoms with E-state index in [-0.39, 0.29) is 18.0 Å². The van der Waals surface area contributed by atoms with Gasteiger partial charge in [-0.25, -0.2) is 9.18 Å². The number of rotatable bonds is 4. The van der Waals surface area contributed by atoms with Gasteiger partial charge in [0, 0.05) is 18.8 Å². The molecule has 4 N–H and O–H groups in total. The summed E-state index contributed by atoms with van der Waals surface area (Å²) in [6.45, 7) is 6.69. The number of hydrogen-bond acceptors (Lipinski definition) is 5. The minimum Gasteiger partial charge on any atom is -0.374 e. The van der Waals surface area contributed by atoms with E-state index in [0.717, 1.165) is 0 Å². The average Bonchev–Trinajstić information content (AvgIpc) is 2.45. The van der Waals surface area contributed by atoms with Crippen LogP contribution in [0.5, 0.6) is 0 Å². The molecule has 7 nitrogen and oxygen atoms in total. The third-order valence-corrected chi connectivity index (χ3v) is 3.73. The molecule has 3 amide bonds. The van der Waals surface area contributed by atoms with Crippen LogP contribution in [0.15, 0.2) is 18.2 Å². The van der Waals surface area contributed by atoms with Gasteiger partial charge in [0.2, 0.25) is 5.91 Å². The Morgan fingerprint density at radius 3 is 2.50 bits per heavy atom. The number of hydrogen-bond donors (Lipinski definition) is 3. The molecule has 1 aromatic carbocycles. The predicted molar refractivity (Wildman–Crippen MR) is 89.4 cm³/mol.